The van der Waals surface area contributed by atoms with E-state index in [1.165, 1.54) is 0 Å². The normalized spacial score (nSPS) is 10.9. The second-order valence-electron chi connectivity index (χ2n) is 5.64. The molecule has 0 heterocycles. The number of nitrogens with one attached hydrogen (secondary N) is 2. The molecule has 0 aliphatic heterocycles. The van der Waals surface area contributed by atoms with Crippen LogP contribution in [-0.2, 0) is 13.0 Å². The van der Waals surface area contributed by atoms with Gasteiger partial charge < -0.3 is 15.4 Å². The predicted molar refractivity (Wildman–Crippen MR) is 106 cm³/mol. The highest BCUT2D eigenvalue weighted by Gasteiger charge is 2.03. The minimum absolute atomic E-state index is 0.546. The molecule has 2 rings (SSSR count). The van der Waals surface area contributed by atoms with Crippen LogP contribution in [0, 0.1) is 11.3 Å². The average molecular weight is 371 g/mol. The second kappa shape index (κ2) is 10.3. The van der Waals surface area contributed by atoms with Crippen LogP contribution >= 0.6 is 11.6 Å². The van der Waals surface area contributed by atoms with Gasteiger partial charge in [0, 0.05) is 18.1 Å². The smallest absolute Gasteiger partial charge is 0.191 e. The lowest BCUT2D eigenvalue weighted by Gasteiger charge is -2.12. The van der Waals surface area contributed by atoms with E-state index < -0.39 is 0 Å². The summed E-state index contributed by atoms with van der Waals surface area (Å²) in [6.07, 6.45) is 0.782. The van der Waals surface area contributed by atoms with Crippen molar-refractivity contribution in [3.8, 4) is 11.8 Å². The number of hydrogen-bond donors (Lipinski definition) is 2. The molecule has 0 bridgehead atoms. The third kappa shape index (κ3) is 5.98. The molecule has 0 spiro atoms. The molecule has 0 radical (unpaired) electrons. The van der Waals surface area contributed by atoms with Gasteiger partial charge in [0.15, 0.2) is 5.96 Å². The maximum absolute atomic E-state index is 8.84. The summed E-state index contributed by atoms with van der Waals surface area (Å²) in [5.41, 5.74) is 2.77. The molecular weight excluding hydrogens is 348 g/mol. The summed E-state index contributed by atoms with van der Waals surface area (Å²) in [4.78, 5) is 4.58. The maximum Gasteiger partial charge on any atom is 0.191 e. The molecule has 0 aliphatic rings. The third-order valence-corrected chi connectivity index (χ3v) is 4.15. The lowest BCUT2D eigenvalue weighted by Crippen LogP contribution is -2.38. The molecule has 26 heavy (non-hydrogen) atoms. The molecule has 0 saturated heterocycles. The Morgan fingerprint density at radius 3 is 2.58 bits per heavy atom. The summed E-state index contributed by atoms with van der Waals surface area (Å²) in [6.45, 7) is 4.07. The molecule has 0 saturated carbocycles. The monoisotopic (exact) mass is 370 g/mol. The summed E-state index contributed by atoms with van der Waals surface area (Å²) in [6, 6.07) is 15.3. The Kier molecular flexibility index (Phi) is 7.78. The van der Waals surface area contributed by atoms with Gasteiger partial charge in [0.25, 0.3) is 0 Å². The van der Waals surface area contributed by atoms with Gasteiger partial charge in [-0.25, -0.2) is 4.99 Å². The summed E-state index contributed by atoms with van der Waals surface area (Å²) < 4.78 is 5.17. The van der Waals surface area contributed by atoms with Crippen LogP contribution in [0.2, 0.25) is 5.02 Å². The van der Waals surface area contributed by atoms with Gasteiger partial charge in [0.2, 0.25) is 0 Å². The first-order chi connectivity index (χ1) is 12.7. The van der Waals surface area contributed by atoms with Gasteiger partial charge in [0.1, 0.15) is 5.75 Å². The Hall–Kier alpha value is -2.71. The van der Waals surface area contributed by atoms with E-state index in [1.54, 1.807) is 19.2 Å². The highest BCUT2D eigenvalue weighted by molar-refractivity contribution is 6.31. The van der Waals surface area contributed by atoms with Crippen LogP contribution < -0.4 is 15.4 Å². The van der Waals surface area contributed by atoms with Crippen molar-refractivity contribution in [1.29, 1.82) is 5.26 Å². The Labute approximate surface area is 159 Å². The van der Waals surface area contributed by atoms with E-state index in [0.717, 1.165) is 35.8 Å². The van der Waals surface area contributed by atoms with E-state index in [2.05, 4.69) is 21.7 Å². The number of guanidine groups is 1. The van der Waals surface area contributed by atoms with Gasteiger partial charge in [-0.05, 0) is 48.7 Å². The van der Waals surface area contributed by atoms with Gasteiger partial charge in [-0.15, -0.1) is 0 Å². The molecular formula is C20H23ClN4O. The molecule has 2 aromatic rings. The maximum atomic E-state index is 8.84. The first-order valence-electron chi connectivity index (χ1n) is 8.50. The van der Waals surface area contributed by atoms with Crippen molar-refractivity contribution < 1.29 is 4.74 Å². The molecule has 136 valence electrons. The van der Waals surface area contributed by atoms with Crippen LogP contribution in [0.4, 0.5) is 0 Å². The fraction of sp³-hybridized carbons (Fsp3) is 0.300. The topological polar surface area (TPSA) is 69.4 Å². The number of hydrogen-bond acceptors (Lipinski definition) is 3. The molecule has 0 amide bonds. The van der Waals surface area contributed by atoms with Crippen molar-refractivity contribution in [2.45, 2.75) is 19.9 Å². The molecule has 6 heteroatoms. The average Bonchev–Trinajstić information content (AvgIpc) is 2.67. The van der Waals surface area contributed by atoms with Crippen molar-refractivity contribution in [1.82, 2.24) is 10.6 Å². The molecule has 2 N–H and O–H groups in total. The Morgan fingerprint density at radius 1 is 1.19 bits per heavy atom. The van der Waals surface area contributed by atoms with Crippen molar-refractivity contribution in [2.24, 2.45) is 4.99 Å². The van der Waals surface area contributed by atoms with Crippen LogP contribution in [0.1, 0.15) is 23.6 Å². The third-order valence-electron chi connectivity index (χ3n) is 3.79. The van der Waals surface area contributed by atoms with Crippen molar-refractivity contribution >= 4 is 17.6 Å². The number of aliphatic imine (C=N–C) groups is 1. The zero-order chi connectivity index (χ0) is 18.8. The van der Waals surface area contributed by atoms with E-state index in [9.17, 15) is 0 Å². The largest absolute Gasteiger partial charge is 0.497 e. The van der Waals surface area contributed by atoms with E-state index in [1.807, 2.05) is 37.3 Å². The number of nitriles is 1. The molecule has 2 aromatic carbocycles. The van der Waals surface area contributed by atoms with E-state index in [0.29, 0.717) is 23.7 Å². The second-order valence-corrected chi connectivity index (χ2v) is 6.05. The fourth-order valence-corrected chi connectivity index (χ4v) is 2.64. The van der Waals surface area contributed by atoms with Crippen LogP contribution in [-0.4, -0.2) is 26.2 Å². The standard InChI is InChI=1S/C20H23ClN4O/c1-3-23-20(25-14-16-6-4-15(13-22)5-7-16)24-11-10-17-8-9-18(26-2)12-19(17)21/h4-9,12H,3,10-11,14H2,1-2H3,(H2,23,24,25). The minimum atomic E-state index is 0.546. The molecule has 0 fully saturated rings. The summed E-state index contributed by atoms with van der Waals surface area (Å²) in [5, 5.41) is 16.1. The van der Waals surface area contributed by atoms with Crippen LogP contribution in [0.25, 0.3) is 0 Å². The van der Waals surface area contributed by atoms with Gasteiger partial charge in [-0.2, -0.15) is 5.26 Å². The summed E-state index contributed by atoms with van der Waals surface area (Å²) in [5.74, 6) is 1.51. The van der Waals surface area contributed by atoms with Crippen molar-refractivity contribution in [3.63, 3.8) is 0 Å². The first kappa shape index (κ1) is 19.6. The zero-order valence-corrected chi connectivity index (χ0v) is 15.8. The lowest BCUT2D eigenvalue weighted by molar-refractivity contribution is 0.414. The zero-order valence-electron chi connectivity index (χ0n) is 15.1. The molecule has 0 atom stereocenters. The lowest BCUT2D eigenvalue weighted by atomic mass is 10.1. The molecule has 5 nitrogen and oxygen atoms in total. The fourth-order valence-electron chi connectivity index (χ4n) is 2.37. The SMILES string of the molecule is CCNC(=NCc1ccc(C#N)cc1)NCCc1ccc(OC)cc1Cl. The Balaban J connectivity index is 1.91. The van der Waals surface area contributed by atoms with Gasteiger partial charge in [-0.1, -0.05) is 29.8 Å². The highest BCUT2D eigenvalue weighted by atomic mass is 35.5. The molecule has 0 aromatic heterocycles. The first-order valence-corrected chi connectivity index (χ1v) is 8.87. The van der Waals surface area contributed by atoms with Crippen LogP contribution in [0.15, 0.2) is 47.5 Å². The van der Waals surface area contributed by atoms with Crippen molar-refractivity contribution in [3.05, 3.63) is 64.2 Å². The number of nitrogens with zero attached hydrogens (tertiary/aromatic N) is 2. The number of methoxy groups -OCH3 is 1. The Bertz CT molecular complexity index is 781. The van der Waals surface area contributed by atoms with E-state index >= 15 is 0 Å². The van der Waals surface area contributed by atoms with Gasteiger partial charge in [-0.3, -0.25) is 0 Å². The number of halogens is 1. The summed E-state index contributed by atoms with van der Waals surface area (Å²) in [7, 11) is 1.62. The van der Waals surface area contributed by atoms with Crippen LogP contribution in [0.5, 0.6) is 5.75 Å². The van der Waals surface area contributed by atoms with E-state index in [-0.39, 0.29) is 0 Å². The van der Waals surface area contributed by atoms with E-state index in [4.69, 9.17) is 21.6 Å². The number of benzene rings is 2. The predicted octanol–water partition coefficient (Wildman–Crippen LogP) is 3.52. The van der Waals surface area contributed by atoms with Gasteiger partial charge >= 0.3 is 0 Å². The number of rotatable bonds is 7. The summed E-state index contributed by atoms with van der Waals surface area (Å²) >= 11 is 6.27. The number of ether oxygens (including phenoxy) is 1. The highest BCUT2D eigenvalue weighted by Crippen LogP contribution is 2.22. The minimum Gasteiger partial charge on any atom is -0.497 e. The van der Waals surface area contributed by atoms with Crippen LogP contribution in [0.3, 0.4) is 0 Å². The van der Waals surface area contributed by atoms with Gasteiger partial charge in [0.05, 0.1) is 25.3 Å². The molecule has 0 unspecified atom stereocenters. The Morgan fingerprint density at radius 2 is 1.96 bits per heavy atom. The molecule has 0 aliphatic carbocycles. The van der Waals surface area contributed by atoms with Crippen molar-refractivity contribution in [2.75, 3.05) is 20.2 Å². The quantitative estimate of drug-likeness (QED) is 0.578.